The summed E-state index contributed by atoms with van der Waals surface area (Å²) in [6.45, 7) is 0.677. The SMILES string of the molecule is CN(Cc1cccc2ccccc12)C(=N)Nc1ccc2c3c(cccc13)C=C2. The summed E-state index contributed by atoms with van der Waals surface area (Å²) in [6.07, 6.45) is 4.30. The number of nitrogens with one attached hydrogen (secondary N) is 2. The highest BCUT2D eigenvalue weighted by molar-refractivity contribution is 6.11. The zero-order valence-corrected chi connectivity index (χ0v) is 15.7. The molecule has 3 nitrogen and oxygen atoms in total. The van der Waals surface area contributed by atoms with Crippen molar-refractivity contribution in [3.63, 3.8) is 0 Å². The van der Waals surface area contributed by atoms with Crippen molar-refractivity contribution in [2.45, 2.75) is 6.54 Å². The number of anilines is 1. The number of fused-ring (bicyclic) bond motifs is 1. The highest BCUT2D eigenvalue weighted by Gasteiger charge is 2.14. The highest BCUT2D eigenvalue weighted by atomic mass is 15.3. The molecule has 2 N–H and O–H groups in total. The smallest absolute Gasteiger partial charge is 0.195 e. The van der Waals surface area contributed by atoms with E-state index in [1.54, 1.807) is 0 Å². The highest BCUT2D eigenvalue weighted by Crippen LogP contribution is 2.35. The Morgan fingerprint density at radius 2 is 1.54 bits per heavy atom. The molecule has 0 saturated carbocycles. The van der Waals surface area contributed by atoms with E-state index in [1.807, 2.05) is 11.9 Å². The minimum Gasteiger partial charge on any atom is -0.342 e. The summed E-state index contributed by atoms with van der Waals surface area (Å²) in [7, 11) is 1.96. The van der Waals surface area contributed by atoms with Crippen molar-refractivity contribution in [1.82, 2.24) is 4.90 Å². The van der Waals surface area contributed by atoms with E-state index >= 15 is 0 Å². The van der Waals surface area contributed by atoms with Crippen LogP contribution in [0.3, 0.4) is 0 Å². The fourth-order valence-corrected chi connectivity index (χ4v) is 4.02. The zero-order valence-electron chi connectivity index (χ0n) is 15.7. The van der Waals surface area contributed by atoms with Crippen molar-refractivity contribution in [1.29, 1.82) is 5.41 Å². The van der Waals surface area contributed by atoms with E-state index in [0.717, 1.165) is 11.1 Å². The van der Waals surface area contributed by atoms with Crippen LogP contribution in [0.4, 0.5) is 5.69 Å². The van der Waals surface area contributed by atoms with Gasteiger partial charge in [0.15, 0.2) is 5.96 Å². The lowest BCUT2D eigenvalue weighted by molar-refractivity contribution is 0.498. The molecule has 0 amide bonds. The second kappa shape index (κ2) is 6.54. The van der Waals surface area contributed by atoms with Gasteiger partial charge < -0.3 is 10.2 Å². The summed E-state index contributed by atoms with van der Waals surface area (Å²) in [6, 6.07) is 25.3. The molecule has 0 aromatic heterocycles. The lowest BCUT2D eigenvalue weighted by atomic mass is 10.0. The molecule has 28 heavy (non-hydrogen) atoms. The van der Waals surface area contributed by atoms with Crippen LogP contribution in [0.15, 0.2) is 72.8 Å². The molecule has 0 aliphatic heterocycles. The Bertz CT molecular complexity index is 1240. The molecule has 3 heteroatoms. The normalized spacial score (nSPS) is 11.9. The molecular weight excluding hydrogens is 342 g/mol. The largest absolute Gasteiger partial charge is 0.342 e. The van der Waals surface area contributed by atoms with E-state index in [1.165, 1.54) is 32.8 Å². The van der Waals surface area contributed by atoms with E-state index in [4.69, 9.17) is 5.41 Å². The van der Waals surface area contributed by atoms with Crippen LogP contribution < -0.4 is 5.32 Å². The van der Waals surface area contributed by atoms with Crippen LogP contribution in [0.2, 0.25) is 0 Å². The van der Waals surface area contributed by atoms with Gasteiger partial charge in [0.2, 0.25) is 0 Å². The Morgan fingerprint density at radius 1 is 0.821 bits per heavy atom. The summed E-state index contributed by atoms with van der Waals surface area (Å²) < 4.78 is 0. The average molecular weight is 363 g/mol. The van der Waals surface area contributed by atoms with Gasteiger partial charge in [0.25, 0.3) is 0 Å². The first-order valence-corrected chi connectivity index (χ1v) is 9.48. The Labute approximate surface area is 164 Å². The van der Waals surface area contributed by atoms with Gasteiger partial charge in [-0.15, -0.1) is 0 Å². The predicted molar refractivity (Wildman–Crippen MR) is 120 cm³/mol. The van der Waals surface area contributed by atoms with Gasteiger partial charge in [0.05, 0.1) is 0 Å². The number of benzene rings is 4. The number of nitrogens with zero attached hydrogens (tertiary/aromatic N) is 1. The molecule has 5 rings (SSSR count). The van der Waals surface area contributed by atoms with Gasteiger partial charge in [-0.05, 0) is 38.9 Å². The Balaban J connectivity index is 1.41. The maximum absolute atomic E-state index is 8.59. The second-order valence-electron chi connectivity index (χ2n) is 7.27. The van der Waals surface area contributed by atoms with Crippen molar-refractivity contribution in [2.24, 2.45) is 0 Å². The standard InChI is InChI=1S/C25H21N3/c1-28(16-20-9-4-7-17-6-2-3-10-21(17)20)25(26)27-23-15-14-19-13-12-18-8-5-11-22(23)24(18)19/h2-15H,16H2,1H3,(H2,26,27). The quantitative estimate of drug-likeness (QED) is 0.307. The van der Waals surface area contributed by atoms with Crippen molar-refractivity contribution in [3.8, 4) is 0 Å². The average Bonchev–Trinajstić information content (AvgIpc) is 3.15. The molecule has 4 aromatic carbocycles. The molecular formula is C25H21N3. The van der Waals surface area contributed by atoms with Gasteiger partial charge in [-0.2, -0.15) is 0 Å². The molecule has 0 bridgehead atoms. The van der Waals surface area contributed by atoms with Crippen LogP contribution in [0.5, 0.6) is 0 Å². The molecule has 0 fully saturated rings. The summed E-state index contributed by atoms with van der Waals surface area (Å²) in [4.78, 5) is 1.95. The third-order valence-electron chi connectivity index (χ3n) is 5.47. The molecule has 1 aliphatic rings. The molecule has 0 saturated heterocycles. The Hall–Kier alpha value is -3.59. The second-order valence-corrected chi connectivity index (χ2v) is 7.27. The molecule has 0 atom stereocenters. The Kier molecular flexibility index (Phi) is 3.87. The summed E-state index contributed by atoms with van der Waals surface area (Å²) in [5, 5.41) is 16.8. The third kappa shape index (κ3) is 2.72. The van der Waals surface area contributed by atoms with Gasteiger partial charge in [0, 0.05) is 24.7 Å². The topological polar surface area (TPSA) is 39.1 Å². The molecule has 0 heterocycles. The molecule has 0 radical (unpaired) electrons. The zero-order chi connectivity index (χ0) is 19.1. The van der Waals surface area contributed by atoms with E-state index < -0.39 is 0 Å². The minimum atomic E-state index is 0.389. The molecule has 136 valence electrons. The van der Waals surface area contributed by atoms with Crippen LogP contribution in [0, 0.1) is 5.41 Å². The van der Waals surface area contributed by atoms with E-state index in [-0.39, 0.29) is 0 Å². The van der Waals surface area contributed by atoms with Crippen molar-refractivity contribution < 1.29 is 0 Å². The number of rotatable bonds is 3. The van der Waals surface area contributed by atoms with Crippen molar-refractivity contribution in [3.05, 3.63) is 89.5 Å². The van der Waals surface area contributed by atoms with Crippen LogP contribution >= 0.6 is 0 Å². The lowest BCUT2D eigenvalue weighted by Gasteiger charge is -2.22. The summed E-state index contributed by atoms with van der Waals surface area (Å²) in [5.74, 6) is 0.389. The van der Waals surface area contributed by atoms with Crippen LogP contribution in [-0.2, 0) is 6.54 Å². The molecule has 0 spiro atoms. The van der Waals surface area contributed by atoms with E-state index in [0.29, 0.717) is 12.5 Å². The molecule has 4 aromatic rings. The third-order valence-corrected chi connectivity index (χ3v) is 5.47. The summed E-state index contributed by atoms with van der Waals surface area (Å²) >= 11 is 0. The molecule has 1 aliphatic carbocycles. The van der Waals surface area contributed by atoms with Crippen molar-refractivity contribution >= 4 is 45.3 Å². The first-order chi connectivity index (χ1) is 13.7. The fraction of sp³-hybridized carbons (Fsp3) is 0.0800. The maximum atomic E-state index is 8.59. The maximum Gasteiger partial charge on any atom is 0.195 e. The number of guanidine groups is 1. The fourth-order valence-electron chi connectivity index (χ4n) is 4.02. The van der Waals surface area contributed by atoms with Gasteiger partial charge in [-0.1, -0.05) is 78.9 Å². The van der Waals surface area contributed by atoms with Gasteiger partial charge in [-0.25, -0.2) is 0 Å². The van der Waals surface area contributed by atoms with Crippen LogP contribution in [-0.4, -0.2) is 17.9 Å². The van der Waals surface area contributed by atoms with Crippen molar-refractivity contribution in [2.75, 3.05) is 12.4 Å². The Morgan fingerprint density at radius 3 is 2.43 bits per heavy atom. The van der Waals surface area contributed by atoms with Gasteiger partial charge in [-0.3, -0.25) is 5.41 Å². The van der Waals surface area contributed by atoms with Crippen LogP contribution in [0.25, 0.3) is 33.7 Å². The van der Waals surface area contributed by atoms with E-state index in [2.05, 4.69) is 90.3 Å². The van der Waals surface area contributed by atoms with Gasteiger partial charge in [0.1, 0.15) is 0 Å². The molecule has 0 unspecified atom stereocenters. The lowest BCUT2D eigenvalue weighted by Crippen LogP contribution is -2.31. The first kappa shape index (κ1) is 16.6. The van der Waals surface area contributed by atoms with E-state index in [9.17, 15) is 0 Å². The summed E-state index contributed by atoms with van der Waals surface area (Å²) in [5.41, 5.74) is 4.68. The monoisotopic (exact) mass is 363 g/mol. The van der Waals surface area contributed by atoms with Crippen LogP contribution in [0.1, 0.15) is 16.7 Å². The number of hydrogen-bond donors (Lipinski definition) is 2. The number of hydrogen-bond acceptors (Lipinski definition) is 1. The minimum absolute atomic E-state index is 0.389. The first-order valence-electron chi connectivity index (χ1n) is 9.48. The van der Waals surface area contributed by atoms with Gasteiger partial charge >= 0.3 is 0 Å². The predicted octanol–water partition coefficient (Wildman–Crippen LogP) is 5.96.